The third kappa shape index (κ3) is 6.97. The molecule has 17 heavy (non-hydrogen) atoms. The summed E-state index contributed by atoms with van der Waals surface area (Å²) >= 11 is 0. The zero-order valence-corrected chi connectivity index (χ0v) is 11.0. The Morgan fingerprint density at radius 3 is 2.00 bits per heavy atom. The van der Waals surface area contributed by atoms with E-state index in [0.29, 0.717) is 5.92 Å². The Morgan fingerprint density at radius 1 is 1.06 bits per heavy atom. The van der Waals surface area contributed by atoms with E-state index in [2.05, 4.69) is 13.8 Å². The van der Waals surface area contributed by atoms with Crippen molar-refractivity contribution in [3.05, 3.63) is 0 Å². The molecule has 0 aromatic heterocycles. The molecule has 0 rings (SSSR count). The van der Waals surface area contributed by atoms with Crippen LogP contribution in [0.5, 0.6) is 0 Å². The predicted octanol–water partition coefficient (Wildman–Crippen LogP) is 3.01. The first-order valence-electron chi connectivity index (χ1n) is 6.33. The Balaban J connectivity index is 4.57. The van der Waals surface area contributed by atoms with Crippen LogP contribution in [0.1, 0.15) is 52.9 Å². The van der Waals surface area contributed by atoms with Crippen molar-refractivity contribution in [2.75, 3.05) is 0 Å². The van der Waals surface area contributed by atoms with Crippen molar-refractivity contribution in [2.45, 2.75) is 52.9 Å². The molecule has 0 amide bonds. The van der Waals surface area contributed by atoms with Crippen LogP contribution in [-0.2, 0) is 9.59 Å². The Labute approximate surface area is 103 Å². The summed E-state index contributed by atoms with van der Waals surface area (Å²) < 4.78 is 0. The molecule has 4 nitrogen and oxygen atoms in total. The van der Waals surface area contributed by atoms with E-state index in [-0.39, 0.29) is 12.3 Å². The molecular formula is C13H24O4. The first-order chi connectivity index (χ1) is 7.88. The molecule has 0 saturated heterocycles. The SMILES string of the molecule is CCCC(CCC(C)C)C(CC(=O)O)C(=O)O. The second-order valence-corrected chi connectivity index (χ2v) is 5.06. The lowest BCUT2D eigenvalue weighted by atomic mass is 9.81. The van der Waals surface area contributed by atoms with Gasteiger partial charge in [-0.1, -0.05) is 33.6 Å². The van der Waals surface area contributed by atoms with E-state index in [1.165, 1.54) is 0 Å². The Kier molecular flexibility index (Phi) is 7.59. The largest absolute Gasteiger partial charge is 0.481 e. The molecule has 0 fully saturated rings. The van der Waals surface area contributed by atoms with Crippen molar-refractivity contribution in [1.29, 1.82) is 0 Å². The lowest BCUT2D eigenvalue weighted by molar-refractivity contribution is -0.150. The second kappa shape index (κ2) is 8.09. The van der Waals surface area contributed by atoms with Crippen molar-refractivity contribution in [2.24, 2.45) is 17.8 Å². The van der Waals surface area contributed by atoms with Gasteiger partial charge in [0.25, 0.3) is 0 Å². The van der Waals surface area contributed by atoms with Crippen LogP contribution < -0.4 is 0 Å². The molecule has 2 unspecified atom stereocenters. The molecule has 0 aliphatic rings. The van der Waals surface area contributed by atoms with Crippen LogP contribution in [0.2, 0.25) is 0 Å². The quantitative estimate of drug-likeness (QED) is 0.653. The Bertz CT molecular complexity index is 248. The zero-order chi connectivity index (χ0) is 13.4. The van der Waals surface area contributed by atoms with Crippen LogP contribution >= 0.6 is 0 Å². The molecule has 4 heteroatoms. The third-order valence-corrected chi connectivity index (χ3v) is 3.06. The van der Waals surface area contributed by atoms with Gasteiger partial charge in [-0.05, 0) is 24.7 Å². The zero-order valence-electron chi connectivity index (χ0n) is 11.0. The molecule has 0 aromatic carbocycles. The molecule has 0 bridgehead atoms. The summed E-state index contributed by atoms with van der Waals surface area (Å²) in [5.74, 6) is -2.24. The van der Waals surface area contributed by atoms with Crippen LogP contribution in [0.25, 0.3) is 0 Å². The van der Waals surface area contributed by atoms with Crippen LogP contribution in [0.4, 0.5) is 0 Å². The molecule has 0 radical (unpaired) electrons. The lowest BCUT2D eigenvalue weighted by Gasteiger charge is -2.23. The summed E-state index contributed by atoms with van der Waals surface area (Å²) in [5.41, 5.74) is 0. The molecule has 2 atom stereocenters. The van der Waals surface area contributed by atoms with Crippen molar-refractivity contribution in [1.82, 2.24) is 0 Å². The van der Waals surface area contributed by atoms with E-state index in [1.807, 2.05) is 6.92 Å². The summed E-state index contributed by atoms with van der Waals surface area (Å²) in [7, 11) is 0. The maximum atomic E-state index is 11.1. The van der Waals surface area contributed by atoms with E-state index >= 15 is 0 Å². The predicted molar refractivity (Wildman–Crippen MR) is 65.8 cm³/mol. The van der Waals surface area contributed by atoms with Crippen LogP contribution in [0, 0.1) is 17.8 Å². The van der Waals surface area contributed by atoms with Crippen molar-refractivity contribution in [3.8, 4) is 0 Å². The van der Waals surface area contributed by atoms with Gasteiger partial charge in [-0.3, -0.25) is 9.59 Å². The van der Waals surface area contributed by atoms with Crippen molar-refractivity contribution < 1.29 is 19.8 Å². The number of carbonyl (C=O) groups is 2. The fourth-order valence-electron chi connectivity index (χ4n) is 2.11. The maximum absolute atomic E-state index is 11.1. The molecule has 2 N–H and O–H groups in total. The second-order valence-electron chi connectivity index (χ2n) is 5.06. The van der Waals surface area contributed by atoms with E-state index in [1.54, 1.807) is 0 Å². The van der Waals surface area contributed by atoms with Gasteiger partial charge in [0.15, 0.2) is 0 Å². The number of carboxylic acid groups (broad SMARTS) is 2. The number of rotatable bonds is 9. The van der Waals surface area contributed by atoms with Crippen LogP contribution in [0.15, 0.2) is 0 Å². The van der Waals surface area contributed by atoms with E-state index < -0.39 is 17.9 Å². The fourth-order valence-corrected chi connectivity index (χ4v) is 2.11. The maximum Gasteiger partial charge on any atom is 0.307 e. The molecule has 0 spiro atoms. The summed E-state index contributed by atoms with van der Waals surface area (Å²) in [5, 5.41) is 17.9. The van der Waals surface area contributed by atoms with Gasteiger partial charge in [0.2, 0.25) is 0 Å². The van der Waals surface area contributed by atoms with Gasteiger partial charge in [0.1, 0.15) is 0 Å². The van der Waals surface area contributed by atoms with Crippen molar-refractivity contribution >= 4 is 11.9 Å². The molecule has 0 heterocycles. The van der Waals surface area contributed by atoms with E-state index in [0.717, 1.165) is 25.7 Å². The monoisotopic (exact) mass is 244 g/mol. The lowest BCUT2D eigenvalue weighted by Crippen LogP contribution is -2.26. The van der Waals surface area contributed by atoms with Gasteiger partial charge >= 0.3 is 11.9 Å². The minimum absolute atomic E-state index is 0.0176. The topological polar surface area (TPSA) is 74.6 Å². The van der Waals surface area contributed by atoms with Gasteiger partial charge in [-0.2, -0.15) is 0 Å². The first kappa shape index (κ1) is 15.9. The van der Waals surface area contributed by atoms with Gasteiger partial charge in [0.05, 0.1) is 12.3 Å². The molecule has 0 aliphatic carbocycles. The van der Waals surface area contributed by atoms with Crippen LogP contribution in [0.3, 0.4) is 0 Å². The minimum Gasteiger partial charge on any atom is -0.481 e. The minimum atomic E-state index is -1.02. The van der Waals surface area contributed by atoms with Crippen LogP contribution in [-0.4, -0.2) is 22.2 Å². The normalized spacial score (nSPS) is 14.6. The fraction of sp³-hybridized carbons (Fsp3) is 0.846. The average Bonchev–Trinajstić information content (AvgIpc) is 2.20. The summed E-state index contributed by atoms with van der Waals surface area (Å²) in [6.07, 6.45) is 3.17. The highest BCUT2D eigenvalue weighted by Gasteiger charge is 2.29. The van der Waals surface area contributed by atoms with Gasteiger partial charge in [0, 0.05) is 0 Å². The highest BCUT2D eigenvalue weighted by atomic mass is 16.4. The number of hydrogen-bond acceptors (Lipinski definition) is 2. The van der Waals surface area contributed by atoms with E-state index in [9.17, 15) is 9.59 Å². The molecule has 0 aliphatic heterocycles. The first-order valence-corrected chi connectivity index (χ1v) is 6.33. The summed E-state index contributed by atoms with van der Waals surface area (Å²) in [4.78, 5) is 21.8. The average molecular weight is 244 g/mol. The highest BCUT2D eigenvalue weighted by molar-refractivity contribution is 5.77. The Hall–Kier alpha value is -1.06. The number of aliphatic carboxylic acids is 2. The number of hydrogen-bond donors (Lipinski definition) is 2. The van der Waals surface area contributed by atoms with Crippen molar-refractivity contribution in [3.63, 3.8) is 0 Å². The van der Waals surface area contributed by atoms with Gasteiger partial charge in [-0.25, -0.2) is 0 Å². The molecule has 100 valence electrons. The third-order valence-electron chi connectivity index (χ3n) is 3.06. The standard InChI is InChI=1S/C13H24O4/c1-4-5-10(7-6-9(2)3)11(13(16)17)8-12(14)15/h9-11H,4-8H2,1-3H3,(H,14,15)(H,16,17). The van der Waals surface area contributed by atoms with Gasteiger partial charge in [-0.15, -0.1) is 0 Å². The highest BCUT2D eigenvalue weighted by Crippen LogP contribution is 2.27. The Morgan fingerprint density at radius 2 is 1.65 bits per heavy atom. The summed E-state index contributed by atoms with van der Waals surface area (Å²) in [6.45, 7) is 6.19. The molecule has 0 aromatic rings. The smallest absolute Gasteiger partial charge is 0.307 e. The molecule has 0 saturated carbocycles. The number of carboxylic acids is 2. The van der Waals surface area contributed by atoms with E-state index in [4.69, 9.17) is 10.2 Å². The molecular weight excluding hydrogens is 220 g/mol. The van der Waals surface area contributed by atoms with Gasteiger partial charge < -0.3 is 10.2 Å². The summed E-state index contributed by atoms with van der Waals surface area (Å²) in [6, 6.07) is 0.